The van der Waals surface area contributed by atoms with E-state index in [2.05, 4.69) is 15.5 Å². The van der Waals surface area contributed by atoms with Crippen LogP contribution in [0.2, 0.25) is 5.02 Å². The lowest BCUT2D eigenvalue weighted by molar-refractivity contribution is 0.0760. The first kappa shape index (κ1) is 16.8. The molecule has 1 aromatic heterocycles. The topological polar surface area (TPSA) is 61.0 Å². The van der Waals surface area contributed by atoms with Gasteiger partial charge < -0.3 is 10.2 Å². The standard InChI is InChI=1S/C15H17ClN4O.ClH/c16-12-4-2-11(3-5-12)13-10-14(19-18-13)15(21)20-8-1-6-17-7-9-20;/h2-5,10,17H,1,6-9H2,(H,18,19);1H. The summed E-state index contributed by atoms with van der Waals surface area (Å²) in [5.41, 5.74) is 2.22. The number of nitrogens with one attached hydrogen (secondary N) is 2. The maximum absolute atomic E-state index is 12.5. The molecular formula is C15H18Cl2N4O. The number of halogens is 2. The number of aromatic nitrogens is 2. The molecule has 22 heavy (non-hydrogen) atoms. The fraction of sp³-hybridized carbons (Fsp3) is 0.333. The first-order chi connectivity index (χ1) is 10.2. The highest BCUT2D eigenvalue weighted by Gasteiger charge is 2.19. The van der Waals surface area contributed by atoms with Crippen molar-refractivity contribution >= 4 is 29.9 Å². The summed E-state index contributed by atoms with van der Waals surface area (Å²) in [5, 5.41) is 11.0. The molecule has 1 amide bonds. The number of nitrogens with zero attached hydrogens (tertiary/aromatic N) is 2. The molecule has 1 saturated heterocycles. The number of amides is 1. The van der Waals surface area contributed by atoms with Crippen LogP contribution in [0.25, 0.3) is 11.3 Å². The monoisotopic (exact) mass is 340 g/mol. The van der Waals surface area contributed by atoms with Crippen molar-refractivity contribution in [3.05, 3.63) is 41.0 Å². The number of benzene rings is 1. The zero-order valence-corrected chi connectivity index (χ0v) is 13.6. The van der Waals surface area contributed by atoms with Gasteiger partial charge in [-0.05, 0) is 31.2 Å². The van der Waals surface area contributed by atoms with Gasteiger partial charge in [-0.1, -0.05) is 23.7 Å². The van der Waals surface area contributed by atoms with E-state index >= 15 is 0 Å². The molecule has 0 aliphatic carbocycles. The summed E-state index contributed by atoms with van der Waals surface area (Å²) in [7, 11) is 0. The van der Waals surface area contributed by atoms with Gasteiger partial charge in [0, 0.05) is 30.2 Å². The predicted octanol–water partition coefficient (Wildman–Crippen LogP) is 2.59. The number of carbonyl (C=O) groups is 1. The molecule has 1 fully saturated rings. The van der Waals surface area contributed by atoms with E-state index < -0.39 is 0 Å². The lowest BCUT2D eigenvalue weighted by Crippen LogP contribution is -2.34. The van der Waals surface area contributed by atoms with Crippen LogP contribution in [0.15, 0.2) is 30.3 Å². The fourth-order valence-electron chi connectivity index (χ4n) is 2.42. The lowest BCUT2D eigenvalue weighted by atomic mass is 10.1. The number of hydrogen-bond acceptors (Lipinski definition) is 3. The van der Waals surface area contributed by atoms with Crippen LogP contribution in [-0.2, 0) is 0 Å². The van der Waals surface area contributed by atoms with E-state index in [-0.39, 0.29) is 18.3 Å². The normalized spacial score (nSPS) is 15.0. The third-order valence-electron chi connectivity index (χ3n) is 3.58. The number of hydrogen-bond donors (Lipinski definition) is 2. The van der Waals surface area contributed by atoms with Crippen LogP contribution in [-0.4, -0.2) is 47.2 Å². The molecule has 1 aliphatic rings. The summed E-state index contributed by atoms with van der Waals surface area (Å²) in [6.45, 7) is 3.31. The van der Waals surface area contributed by atoms with Crippen molar-refractivity contribution in [3.8, 4) is 11.3 Å². The highest BCUT2D eigenvalue weighted by Crippen LogP contribution is 2.20. The quantitative estimate of drug-likeness (QED) is 0.883. The largest absolute Gasteiger partial charge is 0.336 e. The minimum Gasteiger partial charge on any atom is -0.336 e. The van der Waals surface area contributed by atoms with Crippen molar-refractivity contribution in [1.82, 2.24) is 20.4 Å². The van der Waals surface area contributed by atoms with Crippen LogP contribution in [0.3, 0.4) is 0 Å². The molecule has 0 atom stereocenters. The van der Waals surface area contributed by atoms with Crippen LogP contribution in [0.5, 0.6) is 0 Å². The lowest BCUT2D eigenvalue weighted by Gasteiger charge is -2.18. The molecule has 2 heterocycles. The Balaban J connectivity index is 0.00000176. The van der Waals surface area contributed by atoms with Gasteiger partial charge in [-0.3, -0.25) is 9.89 Å². The van der Waals surface area contributed by atoms with Gasteiger partial charge in [-0.15, -0.1) is 12.4 Å². The average molecular weight is 341 g/mol. The fourth-order valence-corrected chi connectivity index (χ4v) is 2.54. The van der Waals surface area contributed by atoms with Gasteiger partial charge in [0.1, 0.15) is 5.69 Å². The third-order valence-corrected chi connectivity index (χ3v) is 3.83. The molecule has 0 radical (unpaired) electrons. The highest BCUT2D eigenvalue weighted by atomic mass is 35.5. The van der Waals surface area contributed by atoms with Crippen molar-refractivity contribution < 1.29 is 4.79 Å². The Bertz CT molecular complexity index is 619. The molecule has 2 N–H and O–H groups in total. The van der Waals surface area contributed by atoms with E-state index in [1.54, 1.807) is 6.07 Å². The van der Waals surface area contributed by atoms with Gasteiger partial charge in [-0.2, -0.15) is 5.10 Å². The summed E-state index contributed by atoms with van der Waals surface area (Å²) >= 11 is 5.88. The number of H-pyrrole nitrogens is 1. The van der Waals surface area contributed by atoms with Crippen molar-refractivity contribution in [2.24, 2.45) is 0 Å². The van der Waals surface area contributed by atoms with Gasteiger partial charge in [0.25, 0.3) is 5.91 Å². The first-order valence-corrected chi connectivity index (χ1v) is 7.43. The Kier molecular flexibility index (Phi) is 5.83. The number of rotatable bonds is 2. The van der Waals surface area contributed by atoms with E-state index in [9.17, 15) is 4.79 Å². The highest BCUT2D eigenvalue weighted by molar-refractivity contribution is 6.30. The van der Waals surface area contributed by atoms with E-state index in [1.165, 1.54) is 0 Å². The van der Waals surface area contributed by atoms with Crippen LogP contribution in [0.1, 0.15) is 16.9 Å². The minimum atomic E-state index is 0. The Morgan fingerprint density at radius 1 is 1.18 bits per heavy atom. The van der Waals surface area contributed by atoms with Crippen molar-refractivity contribution in [3.63, 3.8) is 0 Å². The van der Waals surface area contributed by atoms with E-state index in [0.29, 0.717) is 10.7 Å². The summed E-state index contributed by atoms with van der Waals surface area (Å²) in [4.78, 5) is 14.3. The van der Waals surface area contributed by atoms with Crippen LogP contribution in [0.4, 0.5) is 0 Å². The van der Waals surface area contributed by atoms with Crippen molar-refractivity contribution in [1.29, 1.82) is 0 Å². The zero-order valence-electron chi connectivity index (χ0n) is 12.0. The Labute approximate surface area is 140 Å². The Morgan fingerprint density at radius 3 is 2.73 bits per heavy atom. The molecule has 7 heteroatoms. The van der Waals surface area contributed by atoms with Gasteiger partial charge in [0.05, 0.1) is 5.69 Å². The van der Waals surface area contributed by atoms with Gasteiger partial charge in [0.15, 0.2) is 0 Å². The zero-order chi connectivity index (χ0) is 14.7. The smallest absolute Gasteiger partial charge is 0.271 e. The first-order valence-electron chi connectivity index (χ1n) is 7.05. The number of carbonyl (C=O) groups excluding carboxylic acids is 1. The Hall–Kier alpha value is -1.56. The molecule has 1 aliphatic heterocycles. The molecule has 2 aromatic rings. The maximum Gasteiger partial charge on any atom is 0.271 e. The molecule has 0 bridgehead atoms. The average Bonchev–Trinajstić information content (AvgIpc) is 2.83. The minimum absolute atomic E-state index is 0. The van der Waals surface area contributed by atoms with Crippen LogP contribution in [0, 0.1) is 0 Å². The molecular weight excluding hydrogens is 323 g/mol. The van der Waals surface area contributed by atoms with Crippen molar-refractivity contribution in [2.45, 2.75) is 6.42 Å². The molecule has 118 valence electrons. The summed E-state index contributed by atoms with van der Waals surface area (Å²) in [5.74, 6) is 0.00594. The maximum atomic E-state index is 12.5. The van der Waals surface area contributed by atoms with E-state index in [4.69, 9.17) is 11.6 Å². The van der Waals surface area contributed by atoms with Crippen LogP contribution < -0.4 is 5.32 Å². The summed E-state index contributed by atoms with van der Waals surface area (Å²) < 4.78 is 0. The second-order valence-electron chi connectivity index (χ2n) is 5.07. The van der Waals surface area contributed by atoms with Crippen molar-refractivity contribution in [2.75, 3.05) is 26.2 Å². The van der Waals surface area contributed by atoms with Gasteiger partial charge in [0.2, 0.25) is 0 Å². The predicted molar refractivity (Wildman–Crippen MR) is 89.7 cm³/mol. The van der Waals surface area contributed by atoms with Gasteiger partial charge >= 0.3 is 0 Å². The molecule has 3 rings (SSSR count). The van der Waals surface area contributed by atoms with Gasteiger partial charge in [-0.25, -0.2) is 0 Å². The number of aromatic amines is 1. The second-order valence-corrected chi connectivity index (χ2v) is 5.51. The third kappa shape index (κ3) is 3.80. The van der Waals surface area contributed by atoms with E-state index in [1.807, 2.05) is 29.2 Å². The molecule has 1 aromatic carbocycles. The molecule has 0 unspecified atom stereocenters. The molecule has 0 saturated carbocycles. The summed E-state index contributed by atoms with van der Waals surface area (Å²) in [6, 6.07) is 9.20. The SMILES string of the molecule is Cl.O=C(c1cc(-c2ccc(Cl)cc2)n[nH]1)N1CCCNCC1. The molecule has 0 spiro atoms. The summed E-state index contributed by atoms with van der Waals surface area (Å²) in [6.07, 6.45) is 0.976. The van der Waals surface area contributed by atoms with Crippen LogP contribution >= 0.6 is 24.0 Å². The Morgan fingerprint density at radius 2 is 1.95 bits per heavy atom. The second kappa shape index (κ2) is 7.63. The van der Waals surface area contributed by atoms with E-state index in [0.717, 1.165) is 43.9 Å². The molecule has 5 nitrogen and oxygen atoms in total.